The molecule has 0 saturated carbocycles. The Morgan fingerprint density at radius 2 is 1.36 bits per heavy atom. The molecule has 0 heterocycles. The molecule has 2 rings (SSSR count). The lowest BCUT2D eigenvalue weighted by molar-refractivity contribution is 0.0529. The van der Waals surface area contributed by atoms with Gasteiger partial charge >= 0.3 is 6.09 Å². The smallest absolute Gasteiger partial charge is 0.428 e. The van der Waals surface area contributed by atoms with E-state index < -0.39 is 11.7 Å². The van der Waals surface area contributed by atoms with Gasteiger partial charge in [0.25, 0.3) is 0 Å². The Morgan fingerprint density at radius 1 is 0.909 bits per heavy atom. The zero-order valence-electron chi connectivity index (χ0n) is 13.0. The Morgan fingerprint density at radius 3 is 1.77 bits per heavy atom. The van der Waals surface area contributed by atoms with Gasteiger partial charge in [0.2, 0.25) is 0 Å². The second-order valence-corrected chi connectivity index (χ2v) is 5.81. The molecular weight excluding hydrogens is 276 g/mol. The van der Waals surface area contributed by atoms with Crippen LogP contribution >= 0.6 is 0 Å². The highest BCUT2D eigenvalue weighted by atomic mass is 16.6. The second-order valence-electron chi connectivity index (χ2n) is 5.81. The predicted molar refractivity (Wildman–Crippen MR) is 87.9 cm³/mol. The largest absolute Gasteiger partial charge is 0.443 e. The molecule has 4 nitrogen and oxygen atoms in total. The maximum Gasteiger partial charge on any atom is 0.428 e. The van der Waals surface area contributed by atoms with E-state index in [2.05, 4.69) is 10.5 Å². The SMILES string of the molecule is CC(C)(C)OC(=O)NN=C(c1ccccc1)c1ccccc1. The van der Waals surface area contributed by atoms with Crippen LogP contribution in [-0.2, 0) is 4.74 Å². The first kappa shape index (κ1) is 15.8. The van der Waals surface area contributed by atoms with Crippen molar-refractivity contribution in [1.82, 2.24) is 5.43 Å². The van der Waals surface area contributed by atoms with E-state index in [-0.39, 0.29) is 0 Å². The first-order valence-corrected chi connectivity index (χ1v) is 7.13. The van der Waals surface area contributed by atoms with Gasteiger partial charge < -0.3 is 4.74 Å². The third kappa shape index (κ3) is 4.74. The number of rotatable bonds is 3. The lowest BCUT2D eigenvalue weighted by atomic mass is 10.0. The standard InChI is InChI=1S/C18H20N2O2/c1-18(2,3)22-17(21)20-19-16(14-10-6-4-7-11-14)15-12-8-5-9-13-15/h4-13H,1-3H3,(H,20,21). The van der Waals surface area contributed by atoms with Gasteiger partial charge in [0.15, 0.2) is 0 Å². The summed E-state index contributed by atoms with van der Waals surface area (Å²) in [6, 6.07) is 19.4. The van der Waals surface area contributed by atoms with E-state index >= 15 is 0 Å². The van der Waals surface area contributed by atoms with E-state index in [1.807, 2.05) is 81.4 Å². The molecule has 0 radical (unpaired) electrons. The Bertz CT molecular complexity index is 602. The van der Waals surface area contributed by atoms with Gasteiger partial charge in [-0.15, -0.1) is 0 Å². The third-order valence-electron chi connectivity index (χ3n) is 2.75. The molecule has 0 spiro atoms. The molecule has 0 aromatic heterocycles. The summed E-state index contributed by atoms with van der Waals surface area (Å²) in [7, 11) is 0. The molecule has 4 heteroatoms. The van der Waals surface area contributed by atoms with Crippen LogP contribution in [0.2, 0.25) is 0 Å². The molecule has 0 saturated heterocycles. The Labute approximate surface area is 130 Å². The van der Waals surface area contributed by atoms with Crippen molar-refractivity contribution < 1.29 is 9.53 Å². The summed E-state index contributed by atoms with van der Waals surface area (Å²) < 4.78 is 5.20. The molecule has 0 atom stereocenters. The molecule has 114 valence electrons. The molecule has 0 bridgehead atoms. The lowest BCUT2D eigenvalue weighted by Crippen LogP contribution is -2.30. The van der Waals surface area contributed by atoms with Crippen LogP contribution in [0.5, 0.6) is 0 Å². The van der Waals surface area contributed by atoms with E-state index in [1.165, 1.54) is 0 Å². The fourth-order valence-electron chi connectivity index (χ4n) is 1.89. The number of nitrogens with one attached hydrogen (secondary N) is 1. The minimum absolute atomic E-state index is 0.556. The van der Waals surface area contributed by atoms with E-state index in [1.54, 1.807) is 0 Å². The average Bonchev–Trinajstić information content (AvgIpc) is 2.48. The van der Waals surface area contributed by atoms with Crippen molar-refractivity contribution in [1.29, 1.82) is 0 Å². The molecule has 0 unspecified atom stereocenters. The van der Waals surface area contributed by atoms with Crippen molar-refractivity contribution in [3.8, 4) is 0 Å². The molecule has 0 aliphatic rings. The number of ether oxygens (including phenoxy) is 1. The minimum Gasteiger partial charge on any atom is -0.443 e. The number of hydrazone groups is 1. The van der Waals surface area contributed by atoms with Crippen LogP contribution in [0.1, 0.15) is 31.9 Å². The molecule has 0 fully saturated rings. The van der Waals surface area contributed by atoms with Gasteiger partial charge in [-0.1, -0.05) is 60.7 Å². The Balaban J connectivity index is 2.26. The molecule has 2 aromatic rings. The van der Waals surface area contributed by atoms with Gasteiger partial charge in [-0.25, -0.2) is 10.2 Å². The molecule has 0 aliphatic heterocycles. The van der Waals surface area contributed by atoms with Crippen molar-refractivity contribution in [2.75, 3.05) is 0 Å². The van der Waals surface area contributed by atoms with Crippen molar-refractivity contribution >= 4 is 11.8 Å². The number of nitrogens with zero attached hydrogens (tertiary/aromatic N) is 1. The van der Waals surface area contributed by atoms with Gasteiger partial charge in [0.05, 0.1) is 5.71 Å². The van der Waals surface area contributed by atoms with Gasteiger partial charge in [0, 0.05) is 11.1 Å². The summed E-state index contributed by atoms with van der Waals surface area (Å²) in [6.45, 7) is 5.43. The van der Waals surface area contributed by atoms with Crippen molar-refractivity contribution in [3.05, 3.63) is 71.8 Å². The summed E-state index contributed by atoms with van der Waals surface area (Å²) in [5.41, 5.74) is 4.44. The maximum atomic E-state index is 11.8. The van der Waals surface area contributed by atoms with Crippen molar-refractivity contribution in [2.24, 2.45) is 5.10 Å². The van der Waals surface area contributed by atoms with Crippen LogP contribution in [0.3, 0.4) is 0 Å². The Kier molecular flexibility index (Phi) is 4.94. The number of carbonyl (C=O) groups excluding carboxylic acids is 1. The van der Waals surface area contributed by atoms with E-state index in [4.69, 9.17) is 4.74 Å². The van der Waals surface area contributed by atoms with Gasteiger partial charge in [-0.3, -0.25) is 0 Å². The highest BCUT2D eigenvalue weighted by Crippen LogP contribution is 2.11. The average molecular weight is 296 g/mol. The van der Waals surface area contributed by atoms with E-state index in [9.17, 15) is 4.79 Å². The fourth-order valence-corrected chi connectivity index (χ4v) is 1.89. The van der Waals surface area contributed by atoms with Crippen LogP contribution in [0.15, 0.2) is 65.8 Å². The zero-order chi connectivity index (χ0) is 16.0. The number of amides is 1. The first-order chi connectivity index (χ1) is 10.5. The van der Waals surface area contributed by atoms with Crippen molar-refractivity contribution in [3.63, 3.8) is 0 Å². The van der Waals surface area contributed by atoms with Gasteiger partial charge in [-0.2, -0.15) is 5.10 Å². The lowest BCUT2D eigenvalue weighted by Gasteiger charge is -2.18. The third-order valence-corrected chi connectivity index (χ3v) is 2.75. The summed E-state index contributed by atoms with van der Waals surface area (Å²) in [5, 5.41) is 4.24. The summed E-state index contributed by atoms with van der Waals surface area (Å²) in [6.07, 6.45) is -0.572. The van der Waals surface area contributed by atoms with Crippen LogP contribution in [0, 0.1) is 0 Å². The minimum atomic E-state index is -0.572. The van der Waals surface area contributed by atoms with E-state index in [0.717, 1.165) is 11.1 Å². The molecule has 0 aliphatic carbocycles. The topological polar surface area (TPSA) is 50.7 Å². The number of hydrogen-bond donors (Lipinski definition) is 1. The quantitative estimate of drug-likeness (QED) is 0.688. The Hall–Kier alpha value is -2.62. The van der Waals surface area contributed by atoms with Crippen molar-refractivity contribution in [2.45, 2.75) is 26.4 Å². The maximum absolute atomic E-state index is 11.8. The van der Waals surface area contributed by atoms with Crippen LogP contribution < -0.4 is 5.43 Å². The molecule has 1 N–H and O–H groups in total. The summed E-state index contributed by atoms with van der Waals surface area (Å²) >= 11 is 0. The van der Waals surface area contributed by atoms with Crippen LogP contribution in [-0.4, -0.2) is 17.4 Å². The van der Waals surface area contributed by atoms with Gasteiger partial charge in [-0.05, 0) is 20.8 Å². The highest BCUT2D eigenvalue weighted by molar-refractivity contribution is 6.13. The predicted octanol–water partition coefficient (Wildman–Crippen LogP) is 3.96. The molecule has 22 heavy (non-hydrogen) atoms. The zero-order valence-corrected chi connectivity index (χ0v) is 13.0. The monoisotopic (exact) mass is 296 g/mol. The fraction of sp³-hybridized carbons (Fsp3) is 0.222. The van der Waals surface area contributed by atoms with Crippen LogP contribution in [0.4, 0.5) is 4.79 Å². The number of hydrogen-bond acceptors (Lipinski definition) is 3. The van der Waals surface area contributed by atoms with Crippen LogP contribution in [0.25, 0.3) is 0 Å². The molecule has 2 aromatic carbocycles. The molecular formula is C18H20N2O2. The second kappa shape index (κ2) is 6.89. The number of carbonyl (C=O) groups is 1. The van der Waals surface area contributed by atoms with E-state index in [0.29, 0.717) is 5.71 Å². The van der Waals surface area contributed by atoms with Gasteiger partial charge in [0.1, 0.15) is 5.60 Å². The highest BCUT2D eigenvalue weighted by Gasteiger charge is 2.16. The molecule has 1 amide bonds. The summed E-state index contributed by atoms with van der Waals surface area (Å²) in [4.78, 5) is 11.8. The summed E-state index contributed by atoms with van der Waals surface area (Å²) in [5.74, 6) is 0. The normalized spacial score (nSPS) is 10.7. The number of benzene rings is 2. The first-order valence-electron chi connectivity index (χ1n) is 7.13.